The van der Waals surface area contributed by atoms with Gasteiger partial charge in [-0.25, -0.2) is 4.98 Å². The molecule has 0 unspecified atom stereocenters. The number of rotatable bonds is 2. The standard InChI is InChI=1S/C14H15Cl2N3/c15-12-2-1-11-10(13(12)16)5-8-18-14(11)19-9-3-6-17-7-4-9/h1-2,5,8-9,17H,3-4,6-7H2,(H,18,19). The zero-order chi connectivity index (χ0) is 13.2. The second kappa shape index (κ2) is 5.53. The Kier molecular flexibility index (Phi) is 3.78. The Labute approximate surface area is 122 Å². The Morgan fingerprint density at radius 3 is 2.68 bits per heavy atom. The van der Waals surface area contributed by atoms with E-state index in [9.17, 15) is 0 Å². The van der Waals surface area contributed by atoms with E-state index in [2.05, 4.69) is 15.6 Å². The summed E-state index contributed by atoms with van der Waals surface area (Å²) in [6.45, 7) is 2.10. The van der Waals surface area contributed by atoms with Crippen molar-refractivity contribution in [3.05, 3.63) is 34.4 Å². The second-order valence-electron chi connectivity index (χ2n) is 4.78. The van der Waals surface area contributed by atoms with Crippen molar-refractivity contribution in [2.75, 3.05) is 18.4 Å². The molecule has 1 saturated heterocycles. The number of aromatic nitrogens is 1. The molecule has 0 radical (unpaired) electrons. The van der Waals surface area contributed by atoms with Crippen LogP contribution < -0.4 is 10.6 Å². The number of hydrogen-bond donors (Lipinski definition) is 2. The maximum absolute atomic E-state index is 6.24. The van der Waals surface area contributed by atoms with Crippen molar-refractivity contribution in [2.45, 2.75) is 18.9 Å². The van der Waals surface area contributed by atoms with Crippen LogP contribution in [0.2, 0.25) is 10.0 Å². The number of nitrogens with zero attached hydrogens (tertiary/aromatic N) is 1. The van der Waals surface area contributed by atoms with Crippen LogP contribution in [0.4, 0.5) is 5.82 Å². The number of nitrogens with one attached hydrogen (secondary N) is 2. The highest BCUT2D eigenvalue weighted by Crippen LogP contribution is 2.33. The minimum atomic E-state index is 0.466. The summed E-state index contributed by atoms with van der Waals surface area (Å²) in [4.78, 5) is 4.44. The lowest BCUT2D eigenvalue weighted by Gasteiger charge is -2.24. The zero-order valence-electron chi connectivity index (χ0n) is 10.4. The number of benzene rings is 1. The van der Waals surface area contributed by atoms with Gasteiger partial charge in [0, 0.05) is 23.0 Å². The molecule has 0 aliphatic carbocycles. The summed E-state index contributed by atoms with van der Waals surface area (Å²) in [7, 11) is 0. The summed E-state index contributed by atoms with van der Waals surface area (Å²) in [6, 6.07) is 6.16. The Morgan fingerprint density at radius 2 is 1.89 bits per heavy atom. The lowest BCUT2D eigenvalue weighted by atomic mass is 10.1. The van der Waals surface area contributed by atoms with Crippen LogP contribution in [0.5, 0.6) is 0 Å². The summed E-state index contributed by atoms with van der Waals surface area (Å²) in [5.74, 6) is 0.892. The molecule has 0 spiro atoms. The summed E-state index contributed by atoms with van der Waals surface area (Å²) in [6.07, 6.45) is 3.99. The van der Waals surface area contributed by atoms with Gasteiger partial charge in [-0.1, -0.05) is 23.2 Å². The van der Waals surface area contributed by atoms with E-state index in [4.69, 9.17) is 23.2 Å². The fraction of sp³-hybridized carbons (Fsp3) is 0.357. The van der Waals surface area contributed by atoms with Crippen LogP contribution in [0.25, 0.3) is 10.8 Å². The summed E-state index contributed by atoms with van der Waals surface area (Å²) >= 11 is 12.3. The molecule has 2 heterocycles. The molecule has 2 aromatic rings. The number of hydrogen-bond acceptors (Lipinski definition) is 3. The van der Waals surface area contributed by atoms with Crippen LogP contribution >= 0.6 is 23.2 Å². The van der Waals surface area contributed by atoms with Gasteiger partial charge < -0.3 is 10.6 Å². The molecule has 1 aliphatic rings. The van der Waals surface area contributed by atoms with Crippen LogP contribution in [0.15, 0.2) is 24.4 Å². The van der Waals surface area contributed by atoms with Crippen molar-refractivity contribution < 1.29 is 0 Å². The molecule has 5 heteroatoms. The van der Waals surface area contributed by atoms with Gasteiger partial charge in [0.05, 0.1) is 10.0 Å². The average molecular weight is 296 g/mol. The summed E-state index contributed by atoms with van der Waals surface area (Å²) < 4.78 is 0. The van der Waals surface area contributed by atoms with E-state index >= 15 is 0 Å². The van der Waals surface area contributed by atoms with Crippen molar-refractivity contribution in [2.24, 2.45) is 0 Å². The monoisotopic (exact) mass is 295 g/mol. The predicted octanol–water partition coefficient (Wildman–Crippen LogP) is 3.71. The SMILES string of the molecule is Clc1ccc2c(NC3CCNCC3)nccc2c1Cl. The number of pyridine rings is 1. The molecule has 0 amide bonds. The van der Waals surface area contributed by atoms with Gasteiger partial charge in [0.25, 0.3) is 0 Å². The summed E-state index contributed by atoms with van der Waals surface area (Å²) in [5, 5.41) is 10.0. The van der Waals surface area contributed by atoms with Crippen LogP contribution in [0, 0.1) is 0 Å². The minimum absolute atomic E-state index is 0.466. The average Bonchev–Trinajstić information content (AvgIpc) is 2.45. The molecule has 0 atom stereocenters. The van der Waals surface area contributed by atoms with Crippen LogP contribution in [-0.2, 0) is 0 Å². The Bertz CT molecular complexity index is 595. The summed E-state index contributed by atoms with van der Waals surface area (Å²) in [5.41, 5.74) is 0. The third kappa shape index (κ3) is 2.64. The Morgan fingerprint density at radius 1 is 1.11 bits per heavy atom. The molecule has 1 fully saturated rings. The first-order chi connectivity index (χ1) is 9.25. The smallest absolute Gasteiger partial charge is 0.134 e. The largest absolute Gasteiger partial charge is 0.367 e. The zero-order valence-corrected chi connectivity index (χ0v) is 11.9. The van der Waals surface area contributed by atoms with Gasteiger partial charge in [-0.3, -0.25) is 0 Å². The molecule has 2 N–H and O–H groups in total. The van der Waals surface area contributed by atoms with E-state index in [0.717, 1.165) is 42.5 Å². The first-order valence-electron chi connectivity index (χ1n) is 6.45. The molecule has 0 bridgehead atoms. The normalized spacial score (nSPS) is 16.7. The predicted molar refractivity (Wildman–Crippen MR) is 81.3 cm³/mol. The quantitative estimate of drug-likeness (QED) is 0.887. The van der Waals surface area contributed by atoms with Gasteiger partial charge in [0.1, 0.15) is 5.82 Å². The maximum atomic E-state index is 6.24. The first-order valence-corrected chi connectivity index (χ1v) is 7.21. The fourth-order valence-electron chi connectivity index (χ4n) is 2.47. The lowest BCUT2D eigenvalue weighted by molar-refractivity contribution is 0.478. The molecule has 0 saturated carbocycles. The number of anilines is 1. The van der Waals surface area contributed by atoms with Gasteiger partial charge >= 0.3 is 0 Å². The van der Waals surface area contributed by atoms with Crippen molar-refractivity contribution in [1.29, 1.82) is 0 Å². The maximum Gasteiger partial charge on any atom is 0.134 e. The number of piperidine rings is 1. The van der Waals surface area contributed by atoms with Crippen LogP contribution in [0.3, 0.4) is 0 Å². The van der Waals surface area contributed by atoms with Gasteiger partial charge in [0.15, 0.2) is 0 Å². The van der Waals surface area contributed by atoms with E-state index in [1.807, 2.05) is 18.2 Å². The second-order valence-corrected chi connectivity index (χ2v) is 5.57. The van der Waals surface area contributed by atoms with Gasteiger partial charge in [-0.15, -0.1) is 0 Å². The molecule has 3 rings (SSSR count). The topological polar surface area (TPSA) is 37.0 Å². The first kappa shape index (κ1) is 13.0. The Hall–Kier alpha value is -1.03. The minimum Gasteiger partial charge on any atom is -0.367 e. The molecule has 19 heavy (non-hydrogen) atoms. The van der Waals surface area contributed by atoms with Gasteiger partial charge in [0.2, 0.25) is 0 Å². The Balaban J connectivity index is 1.97. The lowest BCUT2D eigenvalue weighted by Crippen LogP contribution is -2.35. The molecule has 3 nitrogen and oxygen atoms in total. The fourth-order valence-corrected chi connectivity index (χ4v) is 2.86. The van der Waals surface area contributed by atoms with E-state index < -0.39 is 0 Å². The van der Waals surface area contributed by atoms with E-state index in [1.54, 1.807) is 6.20 Å². The van der Waals surface area contributed by atoms with Crippen molar-refractivity contribution in [1.82, 2.24) is 10.3 Å². The van der Waals surface area contributed by atoms with Gasteiger partial charge in [-0.2, -0.15) is 0 Å². The van der Waals surface area contributed by atoms with Gasteiger partial charge in [-0.05, 0) is 44.1 Å². The molecular weight excluding hydrogens is 281 g/mol. The highest BCUT2D eigenvalue weighted by Gasteiger charge is 2.15. The van der Waals surface area contributed by atoms with E-state index in [1.165, 1.54) is 0 Å². The van der Waals surface area contributed by atoms with Crippen molar-refractivity contribution >= 4 is 39.8 Å². The van der Waals surface area contributed by atoms with Crippen LogP contribution in [0.1, 0.15) is 12.8 Å². The van der Waals surface area contributed by atoms with E-state index in [-0.39, 0.29) is 0 Å². The number of halogens is 2. The number of fused-ring (bicyclic) bond motifs is 1. The highest BCUT2D eigenvalue weighted by molar-refractivity contribution is 6.45. The molecule has 1 aliphatic heterocycles. The van der Waals surface area contributed by atoms with Crippen LogP contribution in [-0.4, -0.2) is 24.1 Å². The van der Waals surface area contributed by atoms with Crippen molar-refractivity contribution in [3.63, 3.8) is 0 Å². The molecular formula is C14H15Cl2N3. The molecule has 100 valence electrons. The molecule has 1 aromatic heterocycles. The molecule has 1 aromatic carbocycles. The van der Waals surface area contributed by atoms with E-state index in [0.29, 0.717) is 16.1 Å². The highest BCUT2D eigenvalue weighted by atomic mass is 35.5. The third-order valence-corrected chi connectivity index (χ3v) is 4.33. The van der Waals surface area contributed by atoms with Crippen molar-refractivity contribution in [3.8, 4) is 0 Å². The third-order valence-electron chi connectivity index (χ3n) is 3.51.